The van der Waals surface area contributed by atoms with Crippen LogP contribution >= 0.6 is 23.2 Å². The lowest BCUT2D eigenvalue weighted by Gasteiger charge is -2.33. The van der Waals surface area contributed by atoms with E-state index < -0.39 is 6.04 Å². The van der Waals surface area contributed by atoms with Crippen molar-refractivity contribution >= 4 is 35.0 Å². The van der Waals surface area contributed by atoms with E-state index >= 15 is 0 Å². The minimum Gasteiger partial charge on any atom is -0.352 e. The lowest BCUT2D eigenvalue weighted by molar-refractivity contribution is -0.141. The van der Waals surface area contributed by atoms with Gasteiger partial charge in [-0.2, -0.15) is 0 Å². The molecule has 31 heavy (non-hydrogen) atoms. The smallest absolute Gasteiger partial charge is 0.243 e. The van der Waals surface area contributed by atoms with E-state index in [0.717, 1.165) is 36.8 Å². The monoisotopic (exact) mass is 460 g/mol. The minimum absolute atomic E-state index is 0.0825. The van der Waals surface area contributed by atoms with E-state index in [4.69, 9.17) is 23.2 Å². The molecule has 0 heterocycles. The van der Waals surface area contributed by atoms with Crippen LogP contribution < -0.4 is 5.32 Å². The Morgan fingerprint density at radius 2 is 1.81 bits per heavy atom. The Morgan fingerprint density at radius 1 is 1.06 bits per heavy atom. The van der Waals surface area contributed by atoms with Gasteiger partial charge in [-0.15, -0.1) is 0 Å². The zero-order valence-electron chi connectivity index (χ0n) is 17.9. The van der Waals surface area contributed by atoms with Gasteiger partial charge in [0.25, 0.3) is 0 Å². The van der Waals surface area contributed by atoms with Gasteiger partial charge in [-0.05, 0) is 48.6 Å². The molecule has 0 saturated heterocycles. The number of nitrogens with one attached hydrogen (secondary N) is 1. The van der Waals surface area contributed by atoms with Gasteiger partial charge >= 0.3 is 0 Å². The summed E-state index contributed by atoms with van der Waals surface area (Å²) in [4.78, 5) is 28.3. The fourth-order valence-electron chi connectivity index (χ4n) is 4.20. The molecular weight excluding hydrogens is 431 g/mol. The van der Waals surface area contributed by atoms with Crippen LogP contribution in [0, 0.1) is 0 Å². The molecule has 2 aromatic rings. The summed E-state index contributed by atoms with van der Waals surface area (Å²) < 4.78 is 0. The second-order valence-corrected chi connectivity index (χ2v) is 9.03. The lowest BCUT2D eigenvalue weighted by atomic mass is 9.95. The molecule has 1 aliphatic rings. The molecule has 0 aliphatic heterocycles. The Morgan fingerprint density at radius 3 is 2.48 bits per heavy atom. The molecule has 1 aliphatic carbocycles. The number of halogens is 2. The molecule has 1 fully saturated rings. The van der Waals surface area contributed by atoms with E-state index in [1.807, 2.05) is 37.3 Å². The van der Waals surface area contributed by atoms with Crippen LogP contribution in [0.1, 0.15) is 56.6 Å². The summed E-state index contributed by atoms with van der Waals surface area (Å²) >= 11 is 12.5. The molecule has 0 radical (unpaired) electrons. The third kappa shape index (κ3) is 6.72. The van der Waals surface area contributed by atoms with E-state index in [0.29, 0.717) is 16.5 Å². The molecular formula is C25H30Cl2N2O2. The number of hydrogen-bond donors (Lipinski definition) is 1. The minimum atomic E-state index is -0.551. The summed E-state index contributed by atoms with van der Waals surface area (Å²) in [5, 5.41) is 4.37. The van der Waals surface area contributed by atoms with Gasteiger partial charge in [-0.1, -0.05) is 79.7 Å². The van der Waals surface area contributed by atoms with E-state index in [2.05, 4.69) is 5.32 Å². The Bertz CT molecular complexity index is 897. The van der Waals surface area contributed by atoms with Crippen LogP contribution in [0.5, 0.6) is 0 Å². The molecule has 4 nitrogen and oxygen atoms in total. The molecule has 0 bridgehead atoms. The summed E-state index contributed by atoms with van der Waals surface area (Å²) in [6.45, 7) is 2.23. The number of carbonyl (C=O) groups excluding carboxylic acids is 2. The third-order valence-corrected chi connectivity index (χ3v) is 6.48. The predicted molar refractivity (Wildman–Crippen MR) is 126 cm³/mol. The highest BCUT2D eigenvalue weighted by atomic mass is 35.5. The Balaban J connectivity index is 1.82. The summed E-state index contributed by atoms with van der Waals surface area (Å²) in [6, 6.07) is 14.4. The molecule has 0 unspecified atom stereocenters. The van der Waals surface area contributed by atoms with Crippen molar-refractivity contribution in [3.63, 3.8) is 0 Å². The first kappa shape index (κ1) is 23.6. The quantitative estimate of drug-likeness (QED) is 0.541. The van der Waals surface area contributed by atoms with Crippen molar-refractivity contribution in [1.29, 1.82) is 0 Å². The second kappa shape index (κ2) is 11.5. The maximum absolute atomic E-state index is 13.4. The maximum Gasteiger partial charge on any atom is 0.243 e. The van der Waals surface area contributed by atoms with Crippen molar-refractivity contribution in [3.05, 3.63) is 69.7 Å². The van der Waals surface area contributed by atoms with E-state index in [9.17, 15) is 9.59 Å². The normalized spacial score (nSPS) is 15.3. The van der Waals surface area contributed by atoms with Gasteiger partial charge in [0.15, 0.2) is 0 Å². The zero-order valence-corrected chi connectivity index (χ0v) is 19.5. The molecule has 0 aromatic heterocycles. The highest BCUT2D eigenvalue weighted by molar-refractivity contribution is 6.31. The van der Waals surface area contributed by atoms with Gasteiger partial charge < -0.3 is 10.2 Å². The van der Waals surface area contributed by atoms with Crippen LogP contribution in [0.4, 0.5) is 0 Å². The molecule has 2 aromatic carbocycles. The molecule has 1 saturated carbocycles. The molecule has 0 spiro atoms. The largest absolute Gasteiger partial charge is 0.352 e. The molecule has 1 N–H and O–H groups in total. The first-order valence-corrected chi connectivity index (χ1v) is 11.8. The fourth-order valence-corrected chi connectivity index (χ4v) is 4.61. The summed E-state index contributed by atoms with van der Waals surface area (Å²) in [5.41, 5.74) is 1.65. The SMILES string of the molecule is CC[C@@H](C(=O)NC1CCCCC1)N(Cc1ccccc1Cl)C(=O)Cc1cccc(Cl)c1. The molecule has 1 atom stereocenters. The first-order chi connectivity index (χ1) is 15.0. The topological polar surface area (TPSA) is 49.4 Å². The standard InChI is InChI=1S/C25H30Cl2N2O2/c1-2-23(25(31)28-21-12-4-3-5-13-21)29(17-19-10-6-7-14-22(19)27)24(30)16-18-9-8-11-20(26)15-18/h6-11,14-15,21,23H,2-5,12-13,16-17H2,1H3,(H,28,31)/t23-/m0/s1. The third-order valence-electron chi connectivity index (χ3n) is 5.88. The summed E-state index contributed by atoms with van der Waals surface area (Å²) in [6.07, 6.45) is 6.21. The molecule has 3 rings (SSSR count). The number of hydrogen-bond acceptors (Lipinski definition) is 2. The van der Waals surface area contributed by atoms with Crippen LogP contribution in [-0.4, -0.2) is 28.8 Å². The number of benzene rings is 2. The van der Waals surface area contributed by atoms with Crippen molar-refractivity contribution in [3.8, 4) is 0 Å². The van der Waals surface area contributed by atoms with Crippen LogP contribution in [0.2, 0.25) is 10.0 Å². The first-order valence-electron chi connectivity index (χ1n) is 11.1. The van der Waals surface area contributed by atoms with Crippen molar-refractivity contribution in [1.82, 2.24) is 10.2 Å². The van der Waals surface area contributed by atoms with Gasteiger partial charge in [0.1, 0.15) is 6.04 Å². The van der Waals surface area contributed by atoms with Crippen molar-refractivity contribution in [2.24, 2.45) is 0 Å². The number of carbonyl (C=O) groups is 2. The highest BCUT2D eigenvalue weighted by Crippen LogP contribution is 2.22. The van der Waals surface area contributed by atoms with Gasteiger partial charge in [0.2, 0.25) is 11.8 Å². The van der Waals surface area contributed by atoms with Crippen LogP contribution in [0.15, 0.2) is 48.5 Å². The van der Waals surface area contributed by atoms with E-state index in [1.54, 1.807) is 23.1 Å². The molecule has 2 amide bonds. The summed E-state index contributed by atoms with van der Waals surface area (Å²) in [7, 11) is 0. The number of amides is 2. The van der Waals surface area contributed by atoms with Crippen LogP contribution in [0.3, 0.4) is 0 Å². The van der Waals surface area contributed by atoms with Crippen LogP contribution in [0.25, 0.3) is 0 Å². The summed E-state index contributed by atoms with van der Waals surface area (Å²) in [5.74, 6) is -0.200. The number of rotatable bonds is 8. The average Bonchev–Trinajstić information content (AvgIpc) is 2.75. The second-order valence-electron chi connectivity index (χ2n) is 8.19. The van der Waals surface area contributed by atoms with Crippen molar-refractivity contribution in [2.75, 3.05) is 0 Å². The van der Waals surface area contributed by atoms with E-state index in [1.165, 1.54) is 6.42 Å². The van der Waals surface area contributed by atoms with Gasteiger partial charge in [0, 0.05) is 22.6 Å². The zero-order chi connectivity index (χ0) is 22.2. The molecule has 6 heteroatoms. The maximum atomic E-state index is 13.4. The Kier molecular flexibility index (Phi) is 8.79. The Hall–Kier alpha value is -2.04. The van der Waals surface area contributed by atoms with Crippen molar-refractivity contribution < 1.29 is 9.59 Å². The molecule has 166 valence electrons. The lowest BCUT2D eigenvalue weighted by Crippen LogP contribution is -2.52. The average molecular weight is 461 g/mol. The van der Waals surface area contributed by atoms with Gasteiger partial charge in [0.05, 0.1) is 6.42 Å². The Labute approximate surface area is 194 Å². The fraction of sp³-hybridized carbons (Fsp3) is 0.440. The van der Waals surface area contributed by atoms with Gasteiger partial charge in [-0.25, -0.2) is 0 Å². The predicted octanol–water partition coefficient (Wildman–Crippen LogP) is 5.79. The van der Waals surface area contributed by atoms with E-state index in [-0.39, 0.29) is 30.8 Å². The number of nitrogens with zero attached hydrogens (tertiary/aromatic N) is 1. The highest BCUT2D eigenvalue weighted by Gasteiger charge is 2.30. The van der Waals surface area contributed by atoms with Crippen molar-refractivity contribution in [2.45, 2.75) is 70.5 Å². The van der Waals surface area contributed by atoms with Gasteiger partial charge in [-0.3, -0.25) is 9.59 Å². The van der Waals surface area contributed by atoms with Crippen LogP contribution in [-0.2, 0) is 22.6 Å².